The summed E-state index contributed by atoms with van der Waals surface area (Å²) in [6.07, 6.45) is 5.60. The number of Topliss-reactive ketones (excluding diaryl/α,β-unsaturated/α-hetero) is 1. The molecule has 106 valence electrons. The van der Waals surface area contributed by atoms with Crippen molar-refractivity contribution in [1.29, 1.82) is 0 Å². The van der Waals surface area contributed by atoms with Crippen molar-refractivity contribution in [3.05, 3.63) is 0 Å². The second-order valence-corrected chi connectivity index (χ2v) is 6.56. The van der Waals surface area contributed by atoms with Crippen LogP contribution in [0.2, 0.25) is 0 Å². The lowest BCUT2D eigenvalue weighted by Crippen LogP contribution is -1.86. The molecule has 0 rings (SSSR count). The van der Waals surface area contributed by atoms with Crippen molar-refractivity contribution in [2.75, 3.05) is 25.0 Å². The molecule has 0 heterocycles. The third kappa shape index (κ3) is 42400. The molecule has 0 aromatic rings. The molecular formula is C10H30O4S2. The summed E-state index contributed by atoms with van der Waals surface area (Å²) in [4.78, 5) is 9.44. The van der Waals surface area contributed by atoms with Gasteiger partial charge in [-0.1, -0.05) is 22.3 Å². The van der Waals surface area contributed by atoms with E-state index in [1.54, 1.807) is 12.5 Å². The molecule has 0 aromatic carbocycles. The van der Waals surface area contributed by atoms with Crippen LogP contribution >= 0.6 is 0 Å². The smallest absolute Gasteiger partial charge is 0.144 e. The molecule has 0 fully saturated rings. The Morgan fingerprint density at radius 3 is 0.938 bits per heavy atom. The van der Waals surface area contributed by atoms with Gasteiger partial charge in [0.1, 0.15) is 15.6 Å². The molecule has 0 amide bonds. The minimum absolute atomic E-state index is 0. The van der Waals surface area contributed by atoms with Gasteiger partial charge in [0.25, 0.3) is 0 Å². The highest BCUT2D eigenvalue weighted by molar-refractivity contribution is 7.89. The molecular weight excluding hydrogens is 248 g/mol. The average Bonchev–Trinajstić information content (AvgIpc) is 1.50. The highest BCUT2D eigenvalue weighted by Gasteiger charge is 1.79. The molecule has 0 saturated carbocycles. The second-order valence-electron chi connectivity index (χ2n) is 2.79. The van der Waals surface area contributed by atoms with Crippen LogP contribution in [0, 0.1) is 0 Å². The highest BCUT2D eigenvalue weighted by atomic mass is 32.2. The Bertz CT molecular complexity index is 216. The van der Waals surface area contributed by atoms with Crippen LogP contribution in [0.25, 0.3) is 0 Å². The van der Waals surface area contributed by atoms with E-state index in [2.05, 4.69) is 0 Å². The molecule has 0 aliphatic heterocycles. The molecule has 0 spiro atoms. The Hall–Kier alpha value is -0.230. The maximum atomic E-state index is 9.63. The normalized spacial score (nSPS) is 7.44. The van der Waals surface area contributed by atoms with Gasteiger partial charge in [0.15, 0.2) is 0 Å². The van der Waals surface area contributed by atoms with Gasteiger partial charge in [-0.05, 0) is 13.8 Å². The Kier molecular flexibility index (Phi) is 45.5. The molecule has 0 radical (unpaired) electrons. The van der Waals surface area contributed by atoms with Crippen molar-refractivity contribution in [2.24, 2.45) is 0 Å². The third-order valence-electron chi connectivity index (χ3n) is 0. The molecule has 0 atom stereocenters. The van der Waals surface area contributed by atoms with Gasteiger partial charge in [-0.3, -0.25) is 4.21 Å². The summed E-state index contributed by atoms with van der Waals surface area (Å²) in [5.41, 5.74) is 0. The van der Waals surface area contributed by atoms with E-state index in [0.717, 1.165) is 12.5 Å². The summed E-state index contributed by atoms with van der Waals surface area (Å²) in [7, 11) is -3.28. The Labute approximate surface area is 105 Å². The first-order valence-electron chi connectivity index (χ1n) is 3.34. The SMILES string of the molecule is C.C.C.CC(C)=O.CS(C)(=O)=O.CS(C)=O. The van der Waals surface area contributed by atoms with Crippen LogP contribution in [-0.2, 0) is 25.4 Å². The van der Waals surface area contributed by atoms with Gasteiger partial charge in [-0.25, -0.2) is 8.42 Å². The lowest BCUT2D eigenvalue weighted by Gasteiger charge is -1.69. The molecule has 4 nitrogen and oxygen atoms in total. The molecule has 0 aliphatic carbocycles. The molecule has 0 bridgehead atoms. The van der Waals surface area contributed by atoms with E-state index in [-0.39, 0.29) is 28.1 Å². The first kappa shape index (κ1) is 36.0. The first-order chi connectivity index (χ1) is 5.46. The van der Waals surface area contributed by atoms with E-state index in [4.69, 9.17) is 0 Å². The van der Waals surface area contributed by atoms with Crippen LogP contribution in [0.15, 0.2) is 0 Å². The van der Waals surface area contributed by atoms with Gasteiger partial charge in [-0.2, -0.15) is 0 Å². The van der Waals surface area contributed by atoms with E-state index in [9.17, 15) is 17.4 Å². The fraction of sp³-hybridized carbons (Fsp3) is 0.900. The van der Waals surface area contributed by atoms with Crippen molar-refractivity contribution in [1.82, 2.24) is 0 Å². The topological polar surface area (TPSA) is 68.3 Å². The van der Waals surface area contributed by atoms with Crippen molar-refractivity contribution in [3.63, 3.8) is 0 Å². The molecule has 16 heavy (non-hydrogen) atoms. The number of hydrogen-bond donors (Lipinski definition) is 0. The molecule has 0 unspecified atom stereocenters. The number of sulfone groups is 1. The van der Waals surface area contributed by atoms with Crippen LogP contribution < -0.4 is 0 Å². The van der Waals surface area contributed by atoms with E-state index >= 15 is 0 Å². The number of hydrogen-bond acceptors (Lipinski definition) is 4. The minimum Gasteiger partial charge on any atom is -0.300 e. The summed E-state index contributed by atoms with van der Waals surface area (Å²) in [5.74, 6) is 0.167. The van der Waals surface area contributed by atoms with Crippen molar-refractivity contribution in [3.8, 4) is 0 Å². The van der Waals surface area contributed by atoms with E-state index in [1.165, 1.54) is 13.8 Å². The van der Waals surface area contributed by atoms with Gasteiger partial charge in [0, 0.05) is 35.8 Å². The van der Waals surface area contributed by atoms with E-state index < -0.39 is 20.6 Å². The van der Waals surface area contributed by atoms with Crippen LogP contribution in [0.4, 0.5) is 0 Å². The lowest BCUT2D eigenvalue weighted by atomic mass is 10.6. The fourth-order valence-electron chi connectivity index (χ4n) is 0. The zero-order valence-corrected chi connectivity index (χ0v) is 10.6. The predicted octanol–water partition coefficient (Wildman–Crippen LogP) is 2.16. The average molecular weight is 278 g/mol. The monoisotopic (exact) mass is 278 g/mol. The zero-order chi connectivity index (χ0) is 11.7. The molecule has 0 saturated heterocycles. The fourth-order valence-corrected chi connectivity index (χ4v) is 0. The molecule has 0 N–H and O–H groups in total. The molecule has 0 aromatic heterocycles. The summed E-state index contributed by atoms with van der Waals surface area (Å²) >= 11 is 0. The lowest BCUT2D eigenvalue weighted by molar-refractivity contribution is -0.114. The van der Waals surface area contributed by atoms with Gasteiger partial charge < -0.3 is 4.79 Å². The number of carbonyl (C=O) groups is 1. The van der Waals surface area contributed by atoms with E-state index in [0.29, 0.717) is 0 Å². The Balaban J connectivity index is -0.0000000216. The highest BCUT2D eigenvalue weighted by Crippen LogP contribution is 1.61. The molecule has 6 heteroatoms. The van der Waals surface area contributed by atoms with Crippen molar-refractivity contribution in [2.45, 2.75) is 36.1 Å². The van der Waals surface area contributed by atoms with Gasteiger partial charge in [-0.15, -0.1) is 0 Å². The van der Waals surface area contributed by atoms with Crippen LogP contribution in [0.5, 0.6) is 0 Å². The van der Waals surface area contributed by atoms with Gasteiger partial charge >= 0.3 is 0 Å². The van der Waals surface area contributed by atoms with Gasteiger partial charge in [0.05, 0.1) is 0 Å². The molecule has 0 aliphatic rings. The summed E-state index contributed by atoms with van der Waals surface area (Å²) < 4.78 is 28.8. The summed E-state index contributed by atoms with van der Waals surface area (Å²) in [5, 5.41) is 0. The third-order valence-corrected chi connectivity index (χ3v) is 0. The minimum atomic E-state index is -2.67. The van der Waals surface area contributed by atoms with Crippen molar-refractivity contribution >= 4 is 26.4 Å². The van der Waals surface area contributed by atoms with Crippen LogP contribution in [-0.4, -0.2) is 43.4 Å². The standard InChI is InChI=1S/C3H6O.C2H6O2S.C2H6OS.3CH4/c1-3(2)4;1-5(2,3)4;1-4(2)3;;;/h1-2H3;1-2H3;1-2H3;3*1H4. The maximum Gasteiger partial charge on any atom is 0.144 e. The Morgan fingerprint density at radius 1 is 0.938 bits per heavy atom. The number of ketones is 1. The van der Waals surface area contributed by atoms with Crippen LogP contribution in [0.3, 0.4) is 0 Å². The van der Waals surface area contributed by atoms with Gasteiger partial charge in [0.2, 0.25) is 0 Å². The number of rotatable bonds is 0. The second kappa shape index (κ2) is 20.2. The number of carbonyl (C=O) groups excluding carboxylic acids is 1. The van der Waals surface area contributed by atoms with Crippen LogP contribution in [0.1, 0.15) is 36.1 Å². The van der Waals surface area contributed by atoms with Crippen molar-refractivity contribution < 1.29 is 17.4 Å². The van der Waals surface area contributed by atoms with E-state index in [1.807, 2.05) is 0 Å². The summed E-state index contributed by atoms with van der Waals surface area (Å²) in [6.45, 7) is 3.06. The summed E-state index contributed by atoms with van der Waals surface area (Å²) in [6, 6.07) is 0. The quantitative estimate of drug-likeness (QED) is 0.681. The first-order valence-corrected chi connectivity index (χ1v) is 7.60. The Morgan fingerprint density at radius 2 is 0.938 bits per heavy atom. The zero-order valence-electron chi connectivity index (χ0n) is 8.95. The largest absolute Gasteiger partial charge is 0.300 e. The predicted molar refractivity (Wildman–Crippen MR) is 77.3 cm³/mol. The maximum absolute atomic E-state index is 9.63.